The number of hydrogen-bond acceptors (Lipinski definition) is 5. The summed E-state index contributed by atoms with van der Waals surface area (Å²) < 4.78 is 11.7. The van der Waals surface area contributed by atoms with E-state index < -0.39 is 5.60 Å². The van der Waals surface area contributed by atoms with E-state index in [1.807, 2.05) is 6.92 Å². The largest absolute Gasteiger partial charge is 0.465 e. The van der Waals surface area contributed by atoms with Gasteiger partial charge in [-0.15, -0.1) is 0 Å². The summed E-state index contributed by atoms with van der Waals surface area (Å²) in [4.78, 5) is 24.0. The Morgan fingerprint density at radius 3 is 2.36 bits per heavy atom. The molecule has 4 aliphatic rings. The quantitative estimate of drug-likeness (QED) is 0.320. The Balaban J connectivity index is 1.73. The van der Waals surface area contributed by atoms with Gasteiger partial charge < -0.3 is 14.6 Å². The monoisotopic (exact) mass is 542 g/mol. The molecule has 2 saturated carbocycles. The number of ether oxygens (including phenoxy) is 2. The van der Waals surface area contributed by atoms with E-state index >= 15 is 0 Å². The molecule has 39 heavy (non-hydrogen) atoms. The van der Waals surface area contributed by atoms with E-state index in [0.29, 0.717) is 18.4 Å². The van der Waals surface area contributed by atoms with Crippen LogP contribution in [0.2, 0.25) is 0 Å². The summed E-state index contributed by atoms with van der Waals surface area (Å²) in [5, 5.41) is 12.0. The molecule has 0 saturated heterocycles. The molecule has 1 unspecified atom stereocenters. The van der Waals surface area contributed by atoms with Gasteiger partial charge in [-0.25, -0.2) is 0 Å². The first kappa shape index (κ1) is 30.3. The van der Waals surface area contributed by atoms with Crippen molar-refractivity contribution in [1.29, 1.82) is 0 Å². The Kier molecular flexibility index (Phi) is 8.04. The lowest BCUT2D eigenvalue weighted by molar-refractivity contribution is -0.166. The van der Waals surface area contributed by atoms with Crippen molar-refractivity contribution in [3.8, 4) is 0 Å². The van der Waals surface area contributed by atoms with Gasteiger partial charge in [-0.1, -0.05) is 66.5 Å². The van der Waals surface area contributed by atoms with E-state index in [9.17, 15) is 14.7 Å². The van der Waals surface area contributed by atoms with Crippen LogP contribution in [0.5, 0.6) is 0 Å². The minimum atomic E-state index is -0.816. The topological polar surface area (TPSA) is 72.8 Å². The average Bonchev–Trinajstić information content (AvgIpc) is 3.13. The van der Waals surface area contributed by atoms with Crippen molar-refractivity contribution >= 4 is 11.9 Å². The molecule has 0 radical (unpaired) electrons. The van der Waals surface area contributed by atoms with Gasteiger partial charge in [-0.05, 0) is 86.2 Å². The predicted octanol–water partition coefficient (Wildman–Crippen LogP) is 7.56. The fourth-order valence-electron chi connectivity index (χ4n) is 9.73. The Bertz CT molecular complexity index is 1030. The zero-order chi connectivity index (χ0) is 29.0. The Morgan fingerprint density at radius 2 is 1.74 bits per heavy atom. The van der Waals surface area contributed by atoms with Crippen molar-refractivity contribution in [3.63, 3.8) is 0 Å². The summed E-state index contributed by atoms with van der Waals surface area (Å²) in [7, 11) is 0. The van der Waals surface area contributed by atoms with Gasteiger partial charge in [0, 0.05) is 30.1 Å². The molecule has 4 aliphatic carbocycles. The van der Waals surface area contributed by atoms with Crippen molar-refractivity contribution in [2.24, 2.45) is 39.4 Å². The van der Waals surface area contributed by atoms with Crippen LogP contribution in [0.3, 0.4) is 0 Å². The summed E-state index contributed by atoms with van der Waals surface area (Å²) in [6, 6.07) is 0. The van der Waals surface area contributed by atoms with Gasteiger partial charge >= 0.3 is 11.9 Å². The number of fused-ring (bicyclic) bond motifs is 5. The molecule has 1 N–H and O–H groups in total. The summed E-state index contributed by atoms with van der Waals surface area (Å²) in [6.07, 6.45) is 13.3. The molecule has 0 spiro atoms. The Hall–Kier alpha value is -1.62. The third-order valence-corrected chi connectivity index (χ3v) is 11.9. The smallest absolute Gasteiger partial charge is 0.302 e. The van der Waals surface area contributed by atoms with E-state index in [-0.39, 0.29) is 45.6 Å². The van der Waals surface area contributed by atoms with Gasteiger partial charge in [0.25, 0.3) is 0 Å². The molecule has 4 rings (SSSR count). The van der Waals surface area contributed by atoms with Crippen molar-refractivity contribution in [2.45, 2.75) is 132 Å². The standard InChI is InChI=1S/C34H54O5/c1-22(2)11-10-17-33(9,37)28-15-19-32(8)26-12-13-27-30(5,6)29(39-24(4)36)16-18-31(27,7)25(26)14-20-34(28,32)21-38-23(3)35/h12,14,22,27-29,37H,10-11,13,15-21H2,1-9H3/t27-,28+,29?,31+,32-,33-,34-/m0/s1. The number of aliphatic hydroxyl groups is 1. The zero-order valence-electron chi connectivity index (χ0n) is 26.1. The maximum atomic E-state index is 12.1. The van der Waals surface area contributed by atoms with Crippen molar-refractivity contribution in [2.75, 3.05) is 6.61 Å². The molecule has 5 heteroatoms. The van der Waals surface area contributed by atoms with Gasteiger partial charge in [-0.2, -0.15) is 0 Å². The SMILES string of the molecule is CC(=O)OC[C@]12CC=C3C(=CC[C@H]4C(C)(C)C(OC(C)=O)CC[C@]34C)[C@]1(C)CC[C@@H]2[C@@](C)(O)CCCC(C)C. The Labute approximate surface area is 237 Å². The first-order valence-corrected chi connectivity index (χ1v) is 15.5. The van der Waals surface area contributed by atoms with E-state index in [1.165, 1.54) is 25.0 Å². The predicted molar refractivity (Wildman–Crippen MR) is 155 cm³/mol. The molecular formula is C34H54O5. The summed E-state index contributed by atoms with van der Waals surface area (Å²) in [5.41, 5.74) is 1.42. The minimum absolute atomic E-state index is 0.00129. The van der Waals surface area contributed by atoms with Crippen LogP contribution >= 0.6 is 0 Å². The van der Waals surface area contributed by atoms with E-state index in [4.69, 9.17) is 9.47 Å². The lowest BCUT2D eigenvalue weighted by atomic mass is 9.43. The highest BCUT2D eigenvalue weighted by atomic mass is 16.5. The molecule has 0 aliphatic heterocycles. The number of hydrogen-bond donors (Lipinski definition) is 1. The fraction of sp³-hybridized carbons (Fsp3) is 0.824. The molecular weight excluding hydrogens is 488 g/mol. The van der Waals surface area contributed by atoms with E-state index in [2.05, 4.69) is 53.7 Å². The number of allylic oxidation sites excluding steroid dienone is 4. The van der Waals surface area contributed by atoms with Crippen LogP contribution in [0, 0.1) is 39.4 Å². The normalized spacial score (nSPS) is 38.5. The Morgan fingerprint density at radius 1 is 1.05 bits per heavy atom. The lowest BCUT2D eigenvalue weighted by Crippen LogP contribution is -2.57. The van der Waals surface area contributed by atoms with Crippen LogP contribution in [0.4, 0.5) is 0 Å². The van der Waals surface area contributed by atoms with Crippen molar-refractivity contribution in [3.05, 3.63) is 23.3 Å². The third kappa shape index (κ3) is 4.93. The maximum absolute atomic E-state index is 12.1. The second kappa shape index (κ2) is 10.3. The van der Waals surface area contributed by atoms with E-state index in [1.54, 1.807) is 0 Å². The minimum Gasteiger partial charge on any atom is -0.465 e. The molecule has 0 amide bonds. The van der Waals surface area contributed by atoms with Crippen LogP contribution in [-0.2, 0) is 19.1 Å². The number of carbonyl (C=O) groups is 2. The van der Waals surface area contributed by atoms with Gasteiger partial charge in [0.15, 0.2) is 0 Å². The first-order chi connectivity index (χ1) is 18.0. The van der Waals surface area contributed by atoms with Gasteiger partial charge in [-0.3, -0.25) is 9.59 Å². The second-order valence-electron chi connectivity index (χ2n) is 15.1. The van der Waals surface area contributed by atoms with Crippen LogP contribution in [0.15, 0.2) is 23.3 Å². The van der Waals surface area contributed by atoms with Crippen molar-refractivity contribution in [1.82, 2.24) is 0 Å². The number of rotatable bonds is 8. The molecule has 0 aromatic rings. The van der Waals surface area contributed by atoms with Crippen LogP contribution < -0.4 is 0 Å². The highest BCUT2D eigenvalue weighted by Gasteiger charge is 2.67. The van der Waals surface area contributed by atoms with E-state index in [0.717, 1.165) is 57.8 Å². The molecule has 2 fully saturated rings. The summed E-state index contributed by atoms with van der Waals surface area (Å²) >= 11 is 0. The molecule has 5 nitrogen and oxygen atoms in total. The van der Waals surface area contributed by atoms with Gasteiger partial charge in [0.05, 0.1) is 12.2 Å². The first-order valence-electron chi connectivity index (χ1n) is 15.5. The summed E-state index contributed by atoms with van der Waals surface area (Å²) in [5.74, 6) is 0.606. The van der Waals surface area contributed by atoms with Gasteiger partial charge in [0.2, 0.25) is 0 Å². The number of esters is 2. The van der Waals surface area contributed by atoms with Crippen molar-refractivity contribution < 1.29 is 24.2 Å². The molecule has 7 atom stereocenters. The number of carbonyl (C=O) groups excluding carboxylic acids is 2. The third-order valence-electron chi connectivity index (χ3n) is 11.9. The maximum Gasteiger partial charge on any atom is 0.302 e. The molecule has 220 valence electrons. The van der Waals surface area contributed by atoms with Crippen LogP contribution in [0.1, 0.15) is 120 Å². The fourth-order valence-corrected chi connectivity index (χ4v) is 9.73. The lowest BCUT2D eigenvalue weighted by Gasteiger charge is -2.61. The molecule has 0 aromatic heterocycles. The molecule has 0 aromatic carbocycles. The highest BCUT2D eigenvalue weighted by Crippen LogP contribution is 2.72. The van der Waals surface area contributed by atoms with Crippen LogP contribution in [0.25, 0.3) is 0 Å². The zero-order valence-corrected chi connectivity index (χ0v) is 26.1. The molecule has 0 bridgehead atoms. The molecule has 0 heterocycles. The second-order valence-corrected chi connectivity index (χ2v) is 15.1. The van der Waals surface area contributed by atoms with Crippen LogP contribution in [-0.4, -0.2) is 35.4 Å². The summed E-state index contributed by atoms with van der Waals surface area (Å²) in [6.45, 7) is 19.2. The van der Waals surface area contributed by atoms with Gasteiger partial charge in [0.1, 0.15) is 6.10 Å². The highest BCUT2D eigenvalue weighted by molar-refractivity contribution is 5.66. The average molecular weight is 543 g/mol.